The van der Waals surface area contributed by atoms with Crippen molar-refractivity contribution in [3.8, 4) is 17.6 Å². The minimum atomic E-state index is -1.31. The summed E-state index contributed by atoms with van der Waals surface area (Å²) in [6.07, 6.45) is 1.20. The van der Waals surface area contributed by atoms with Crippen LogP contribution >= 0.6 is 0 Å². The van der Waals surface area contributed by atoms with Gasteiger partial charge in [0.1, 0.15) is 23.1 Å². The van der Waals surface area contributed by atoms with E-state index in [2.05, 4.69) is 0 Å². The van der Waals surface area contributed by atoms with Gasteiger partial charge in [0.15, 0.2) is 0 Å². The second-order valence-corrected chi connectivity index (χ2v) is 3.54. The molecule has 0 saturated heterocycles. The van der Waals surface area contributed by atoms with Gasteiger partial charge in [-0.3, -0.25) is 0 Å². The first-order valence-corrected chi connectivity index (χ1v) is 5.28. The van der Waals surface area contributed by atoms with Gasteiger partial charge in [-0.1, -0.05) is 0 Å². The molecule has 1 rings (SSSR count). The van der Waals surface area contributed by atoms with Gasteiger partial charge in [-0.15, -0.1) is 0 Å². The Kier molecular flexibility index (Phi) is 4.92. The normalized spacial score (nSPS) is 10.7. The molecule has 0 fully saturated rings. The van der Waals surface area contributed by atoms with Crippen LogP contribution in [0, 0.1) is 11.3 Å². The van der Waals surface area contributed by atoms with Crippen LogP contribution < -0.4 is 9.47 Å². The number of aliphatic carboxylic acids is 1. The van der Waals surface area contributed by atoms with Gasteiger partial charge in [-0.25, -0.2) is 4.79 Å². The Morgan fingerprint density at radius 1 is 1.37 bits per heavy atom. The van der Waals surface area contributed by atoms with Crippen LogP contribution in [-0.4, -0.2) is 30.4 Å². The third kappa shape index (κ3) is 3.24. The highest BCUT2D eigenvalue weighted by Crippen LogP contribution is 2.31. The molecule has 0 saturated carbocycles. The van der Waals surface area contributed by atoms with Crippen LogP contribution in [0.2, 0.25) is 0 Å². The summed E-state index contributed by atoms with van der Waals surface area (Å²) in [5.74, 6) is -0.599. The van der Waals surface area contributed by atoms with E-state index in [1.54, 1.807) is 6.07 Å². The fraction of sp³-hybridized carbons (Fsp3) is 0.231. The second kappa shape index (κ2) is 6.42. The molecule has 0 heterocycles. The Hall–Kier alpha value is -2.52. The number of aliphatic hydroxyl groups is 1. The first kappa shape index (κ1) is 14.5. The van der Waals surface area contributed by atoms with E-state index < -0.39 is 11.5 Å². The zero-order valence-corrected chi connectivity index (χ0v) is 10.5. The molecule has 0 atom stereocenters. The van der Waals surface area contributed by atoms with Gasteiger partial charge in [0.2, 0.25) is 0 Å². The number of nitrogens with zero attached hydrogens (tertiary/aromatic N) is 1. The van der Waals surface area contributed by atoms with Gasteiger partial charge < -0.3 is 19.7 Å². The predicted octanol–water partition coefficient (Wildman–Crippen LogP) is 1.19. The molecule has 0 amide bonds. The monoisotopic (exact) mass is 263 g/mol. The number of carboxylic acid groups (broad SMARTS) is 1. The van der Waals surface area contributed by atoms with Crippen molar-refractivity contribution < 1.29 is 24.5 Å². The number of aliphatic hydroxyl groups excluding tert-OH is 1. The summed E-state index contributed by atoms with van der Waals surface area (Å²) in [4.78, 5) is 10.8. The fourth-order valence-corrected chi connectivity index (χ4v) is 1.55. The van der Waals surface area contributed by atoms with Gasteiger partial charge >= 0.3 is 5.97 Å². The molecule has 0 aliphatic rings. The molecular weight excluding hydrogens is 250 g/mol. The highest BCUT2D eigenvalue weighted by Gasteiger charge is 2.12. The van der Waals surface area contributed by atoms with Crippen molar-refractivity contribution in [1.29, 1.82) is 5.26 Å². The summed E-state index contributed by atoms with van der Waals surface area (Å²) in [5.41, 5.74) is 0.488. The summed E-state index contributed by atoms with van der Waals surface area (Å²) in [6, 6.07) is 4.63. The van der Waals surface area contributed by atoms with E-state index in [1.165, 1.54) is 32.4 Å². The fourth-order valence-electron chi connectivity index (χ4n) is 1.55. The number of hydrogen-bond donors (Lipinski definition) is 2. The molecule has 6 nitrogen and oxygen atoms in total. The zero-order valence-electron chi connectivity index (χ0n) is 10.5. The molecule has 0 aliphatic carbocycles. The summed E-state index contributed by atoms with van der Waals surface area (Å²) in [7, 11) is 2.84. The van der Waals surface area contributed by atoms with E-state index in [0.717, 1.165) is 0 Å². The van der Waals surface area contributed by atoms with E-state index in [-0.39, 0.29) is 6.61 Å². The van der Waals surface area contributed by atoms with Crippen LogP contribution in [0.1, 0.15) is 11.1 Å². The lowest BCUT2D eigenvalue weighted by Crippen LogP contribution is -2.00. The Bertz CT molecular complexity index is 532. The maximum absolute atomic E-state index is 10.8. The maximum atomic E-state index is 10.8. The summed E-state index contributed by atoms with van der Waals surface area (Å²) in [6.45, 7) is -0.277. The molecule has 6 heteroatoms. The van der Waals surface area contributed by atoms with Crippen LogP contribution in [0.25, 0.3) is 6.08 Å². The zero-order chi connectivity index (χ0) is 14.4. The van der Waals surface area contributed by atoms with Crippen LogP contribution in [0.5, 0.6) is 11.5 Å². The summed E-state index contributed by atoms with van der Waals surface area (Å²) >= 11 is 0. The number of benzene rings is 1. The van der Waals surface area contributed by atoms with Crippen molar-refractivity contribution in [3.63, 3.8) is 0 Å². The van der Waals surface area contributed by atoms with Crippen LogP contribution in [0.3, 0.4) is 0 Å². The van der Waals surface area contributed by atoms with Crippen LogP contribution in [0.4, 0.5) is 0 Å². The molecule has 1 aromatic rings. The van der Waals surface area contributed by atoms with E-state index in [0.29, 0.717) is 22.6 Å². The lowest BCUT2D eigenvalue weighted by molar-refractivity contribution is -0.132. The Morgan fingerprint density at radius 2 is 1.89 bits per heavy atom. The largest absolute Gasteiger partial charge is 0.496 e. The van der Waals surface area contributed by atoms with Gasteiger partial charge in [0, 0.05) is 0 Å². The first-order valence-electron chi connectivity index (χ1n) is 5.28. The van der Waals surface area contributed by atoms with Gasteiger partial charge in [-0.05, 0) is 23.8 Å². The van der Waals surface area contributed by atoms with E-state index in [1.807, 2.05) is 0 Å². The molecular formula is C13H13NO5. The molecule has 100 valence electrons. The van der Waals surface area contributed by atoms with Crippen molar-refractivity contribution >= 4 is 12.0 Å². The lowest BCUT2D eigenvalue weighted by Gasteiger charge is -2.12. The van der Waals surface area contributed by atoms with Gasteiger partial charge in [0.25, 0.3) is 0 Å². The average molecular weight is 263 g/mol. The van der Waals surface area contributed by atoms with E-state index in [9.17, 15) is 9.90 Å². The third-order valence-corrected chi connectivity index (χ3v) is 2.45. The minimum absolute atomic E-state index is 0.277. The molecule has 1 aromatic carbocycles. The van der Waals surface area contributed by atoms with Crippen molar-refractivity contribution in [1.82, 2.24) is 0 Å². The van der Waals surface area contributed by atoms with Crippen molar-refractivity contribution in [3.05, 3.63) is 28.8 Å². The standard InChI is InChI=1S/C13H13NO5/c1-18-11-4-8(3-9(6-14)13(16)17)5-12(19-2)10(11)7-15/h3-5,15H,7H2,1-2H3,(H,16,17). The minimum Gasteiger partial charge on any atom is -0.496 e. The number of methoxy groups -OCH3 is 2. The van der Waals surface area contributed by atoms with Crippen molar-refractivity contribution in [2.45, 2.75) is 6.61 Å². The summed E-state index contributed by atoms with van der Waals surface area (Å²) in [5, 5.41) is 26.8. The second-order valence-electron chi connectivity index (χ2n) is 3.54. The van der Waals surface area contributed by atoms with Crippen LogP contribution in [-0.2, 0) is 11.4 Å². The van der Waals surface area contributed by atoms with Crippen molar-refractivity contribution in [2.24, 2.45) is 0 Å². The number of rotatable bonds is 5. The number of hydrogen-bond acceptors (Lipinski definition) is 5. The van der Waals surface area contributed by atoms with Gasteiger partial charge in [0.05, 0.1) is 26.4 Å². The quantitative estimate of drug-likeness (QED) is 0.611. The van der Waals surface area contributed by atoms with E-state index in [4.69, 9.17) is 19.8 Å². The number of carboxylic acids is 1. The Morgan fingerprint density at radius 3 is 2.21 bits per heavy atom. The lowest BCUT2D eigenvalue weighted by atomic mass is 10.1. The average Bonchev–Trinajstić information content (AvgIpc) is 2.42. The summed E-state index contributed by atoms with van der Waals surface area (Å²) < 4.78 is 10.2. The number of carbonyl (C=O) groups is 1. The molecule has 0 aliphatic heterocycles. The molecule has 0 aromatic heterocycles. The number of ether oxygens (including phenoxy) is 2. The number of nitriles is 1. The molecule has 2 N–H and O–H groups in total. The molecule has 19 heavy (non-hydrogen) atoms. The highest BCUT2D eigenvalue weighted by molar-refractivity contribution is 5.96. The predicted molar refractivity (Wildman–Crippen MR) is 66.7 cm³/mol. The topological polar surface area (TPSA) is 99.8 Å². The third-order valence-electron chi connectivity index (χ3n) is 2.45. The van der Waals surface area contributed by atoms with Crippen LogP contribution in [0.15, 0.2) is 17.7 Å². The van der Waals surface area contributed by atoms with Crippen molar-refractivity contribution in [2.75, 3.05) is 14.2 Å². The maximum Gasteiger partial charge on any atom is 0.346 e. The molecule has 0 unspecified atom stereocenters. The van der Waals surface area contributed by atoms with Gasteiger partial charge in [-0.2, -0.15) is 5.26 Å². The van der Waals surface area contributed by atoms with E-state index >= 15 is 0 Å². The molecule has 0 radical (unpaired) electrons. The molecule has 0 spiro atoms. The highest BCUT2D eigenvalue weighted by atomic mass is 16.5. The first-order chi connectivity index (χ1) is 9.07. The molecule has 0 bridgehead atoms. The Balaban J connectivity index is 3.39. The smallest absolute Gasteiger partial charge is 0.346 e. The Labute approximate surface area is 110 Å². The SMILES string of the molecule is COc1cc(C=C(C#N)C(=O)O)cc(OC)c1CO.